The van der Waals surface area contributed by atoms with Gasteiger partial charge in [0.2, 0.25) is 0 Å². The molecule has 3 aliphatic rings. The van der Waals surface area contributed by atoms with Gasteiger partial charge in [0.25, 0.3) is 5.91 Å². The molecule has 1 amide bonds. The maximum atomic E-state index is 12.6. The van der Waals surface area contributed by atoms with Crippen LogP contribution in [0.2, 0.25) is 0 Å². The first-order chi connectivity index (χ1) is 14.9. The molecule has 1 aliphatic carbocycles. The predicted octanol–water partition coefficient (Wildman–Crippen LogP) is 3.01. The minimum absolute atomic E-state index is 0.0742. The summed E-state index contributed by atoms with van der Waals surface area (Å²) in [4.78, 5) is 17.0. The summed E-state index contributed by atoms with van der Waals surface area (Å²) in [5.41, 5.74) is 1.41. The van der Waals surface area contributed by atoms with Gasteiger partial charge in [0.1, 0.15) is 5.75 Å². The standard InChI is InChI=1S/C25H38N2O4/c1-19-3-9-22(10-4-19)30-17-24(29)27-13-11-25(12-14-27)15-23(31-18-25)16-26(2)20-5-7-21(28)8-6-20/h3-4,9-10,20-21,23,28H,5-8,11-18H2,1-2H3/t20?,21?,23-/m1/s1. The minimum atomic E-state index is -0.106. The van der Waals surface area contributed by atoms with Crippen LogP contribution in [-0.2, 0) is 9.53 Å². The number of hydrogen-bond acceptors (Lipinski definition) is 5. The lowest BCUT2D eigenvalue weighted by atomic mass is 9.76. The molecule has 1 spiro atoms. The molecule has 1 saturated carbocycles. The Morgan fingerprint density at radius 2 is 1.87 bits per heavy atom. The van der Waals surface area contributed by atoms with Gasteiger partial charge in [-0.05, 0) is 76.5 Å². The van der Waals surface area contributed by atoms with Crippen molar-refractivity contribution < 1.29 is 19.4 Å². The molecule has 1 N–H and O–H groups in total. The van der Waals surface area contributed by atoms with Gasteiger partial charge < -0.3 is 24.4 Å². The lowest BCUT2D eigenvalue weighted by Gasteiger charge is -2.38. The number of ether oxygens (including phenoxy) is 2. The maximum Gasteiger partial charge on any atom is 0.260 e. The molecule has 2 heterocycles. The lowest BCUT2D eigenvalue weighted by Crippen LogP contribution is -2.45. The fourth-order valence-corrected chi connectivity index (χ4v) is 5.43. The van der Waals surface area contributed by atoms with Crippen molar-refractivity contribution in [3.05, 3.63) is 29.8 Å². The molecule has 0 unspecified atom stereocenters. The number of rotatable bonds is 6. The van der Waals surface area contributed by atoms with E-state index in [9.17, 15) is 9.90 Å². The van der Waals surface area contributed by atoms with Crippen LogP contribution >= 0.6 is 0 Å². The highest BCUT2D eigenvalue weighted by Gasteiger charge is 2.43. The first-order valence-corrected chi connectivity index (χ1v) is 11.9. The van der Waals surface area contributed by atoms with Crippen LogP contribution in [0.1, 0.15) is 50.5 Å². The van der Waals surface area contributed by atoms with E-state index in [-0.39, 0.29) is 30.1 Å². The van der Waals surface area contributed by atoms with Gasteiger partial charge in [0.05, 0.1) is 18.8 Å². The molecule has 1 aromatic carbocycles. The fraction of sp³-hybridized carbons (Fsp3) is 0.720. The van der Waals surface area contributed by atoms with Crippen molar-refractivity contribution in [2.75, 3.05) is 39.9 Å². The number of piperidine rings is 1. The number of amides is 1. The van der Waals surface area contributed by atoms with Gasteiger partial charge in [-0.1, -0.05) is 17.7 Å². The molecule has 3 fully saturated rings. The van der Waals surface area contributed by atoms with Gasteiger partial charge in [-0.3, -0.25) is 4.79 Å². The van der Waals surface area contributed by atoms with Crippen LogP contribution in [0.5, 0.6) is 5.75 Å². The van der Waals surface area contributed by atoms with E-state index in [1.165, 1.54) is 5.56 Å². The van der Waals surface area contributed by atoms with Gasteiger partial charge in [-0.15, -0.1) is 0 Å². The summed E-state index contributed by atoms with van der Waals surface area (Å²) >= 11 is 0. The van der Waals surface area contributed by atoms with Gasteiger partial charge in [-0.25, -0.2) is 0 Å². The molecule has 2 saturated heterocycles. The highest BCUT2D eigenvalue weighted by atomic mass is 16.5. The molecule has 6 nitrogen and oxygen atoms in total. The quantitative estimate of drug-likeness (QED) is 0.752. The molecular weight excluding hydrogens is 392 g/mol. The van der Waals surface area contributed by atoms with Crippen LogP contribution < -0.4 is 4.74 Å². The highest BCUT2D eigenvalue weighted by Crippen LogP contribution is 2.42. The van der Waals surface area contributed by atoms with Crippen molar-refractivity contribution in [3.63, 3.8) is 0 Å². The van der Waals surface area contributed by atoms with Crippen LogP contribution in [0.4, 0.5) is 0 Å². The topological polar surface area (TPSA) is 62.2 Å². The molecule has 1 atom stereocenters. The number of nitrogens with zero attached hydrogens (tertiary/aromatic N) is 2. The zero-order valence-electron chi connectivity index (χ0n) is 19.1. The van der Waals surface area contributed by atoms with E-state index in [4.69, 9.17) is 9.47 Å². The summed E-state index contributed by atoms with van der Waals surface area (Å²) < 4.78 is 11.9. The Kier molecular flexibility index (Phi) is 7.19. The number of likely N-dealkylation sites (N-methyl/N-ethyl adjacent to an activating group) is 1. The molecular formula is C25H38N2O4. The van der Waals surface area contributed by atoms with E-state index in [0.29, 0.717) is 6.04 Å². The zero-order valence-corrected chi connectivity index (χ0v) is 19.1. The van der Waals surface area contributed by atoms with E-state index in [1.807, 2.05) is 36.1 Å². The van der Waals surface area contributed by atoms with Crippen molar-refractivity contribution in [2.45, 2.75) is 70.1 Å². The summed E-state index contributed by atoms with van der Waals surface area (Å²) in [5, 5.41) is 9.74. The number of aryl methyl sites for hydroxylation is 1. The monoisotopic (exact) mass is 430 g/mol. The molecule has 172 valence electrons. The van der Waals surface area contributed by atoms with Crippen LogP contribution in [0.3, 0.4) is 0 Å². The van der Waals surface area contributed by atoms with Crippen molar-refractivity contribution in [2.24, 2.45) is 5.41 Å². The summed E-state index contributed by atoms with van der Waals surface area (Å²) in [6, 6.07) is 8.38. The Hall–Kier alpha value is -1.63. The number of hydrogen-bond donors (Lipinski definition) is 1. The van der Waals surface area contributed by atoms with Crippen LogP contribution in [0, 0.1) is 12.3 Å². The zero-order chi connectivity index (χ0) is 21.8. The smallest absolute Gasteiger partial charge is 0.260 e. The average Bonchev–Trinajstić information content (AvgIpc) is 3.16. The summed E-state index contributed by atoms with van der Waals surface area (Å²) in [5.74, 6) is 0.821. The average molecular weight is 431 g/mol. The SMILES string of the molecule is Cc1ccc(OCC(=O)N2CCC3(CC2)CO[C@@H](CN(C)C2CCC(O)CC2)C3)cc1. The second-order valence-electron chi connectivity index (χ2n) is 10.0. The van der Waals surface area contributed by atoms with Crippen molar-refractivity contribution in [3.8, 4) is 5.75 Å². The minimum Gasteiger partial charge on any atom is -0.484 e. The molecule has 6 heteroatoms. The van der Waals surface area contributed by atoms with E-state index >= 15 is 0 Å². The van der Waals surface area contributed by atoms with Gasteiger partial charge in [0.15, 0.2) is 6.61 Å². The molecule has 0 bridgehead atoms. The van der Waals surface area contributed by atoms with E-state index in [1.54, 1.807) is 0 Å². The Morgan fingerprint density at radius 3 is 2.55 bits per heavy atom. The van der Waals surface area contributed by atoms with Crippen molar-refractivity contribution >= 4 is 5.91 Å². The number of aliphatic hydroxyl groups is 1. The van der Waals surface area contributed by atoms with Crippen LogP contribution in [-0.4, -0.2) is 79.0 Å². The fourth-order valence-electron chi connectivity index (χ4n) is 5.43. The van der Waals surface area contributed by atoms with Gasteiger partial charge in [-0.2, -0.15) is 0 Å². The largest absolute Gasteiger partial charge is 0.484 e. The molecule has 1 aromatic rings. The highest BCUT2D eigenvalue weighted by molar-refractivity contribution is 5.77. The number of likely N-dealkylation sites (tertiary alicyclic amines) is 1. The molecule has 4 rings (SSSR count). The van der Waals surface area contributed by atoms with E-state index in [2.05, 4.69) is 11.9 Å². The van der Waals surface area contributed by atoms with E-state index < -0.39 is 0 Å². The molecule has 2 aliphatic heterocycles. The van der Waals surface area contributed by atoms with Gasteiger partial charge >= 0.3 is 0 Å². The second kappa shape index (κ2) is 9.88. The Balaban J connectivity index is 1.19. The third kappa shape index (κ3) is 5.79. The number of aliphatic hydroxyl groups excluding tert-OH is 1. The summed E-state index contributed by atoms with van der Waals surface area (Å²) in [6.45, 7) is 5.52. The van der Waals surface area contributed by atoms with Crippen molar-refractivity contribution in [1.82, 2.24) is 9.80 Å². The molecule has 31 heavy (non-hydrogen) atoms. The third-order valence-corrected chi connectivity index (χ3v) is 7.63. The lowest BCUT2D eigenvalue weighted by molar-refractivity contribution is -0.135. The maximum absolute atomic E-state index is 12.6. The predicted molar refractivity (Wildman–Crippen MR) is 120 cm³/mol. The number of carbonyl (C=O) groups excluding carboxylic acids is 1. The van der Waals surface area contributed by atoms with Gasteiger partial charge in [0, 0.05) is 25.7 Å². The van der Waals surface area contributed by atoms with Crippen LogP contribution in [0.15, 0.2) is 24.3 Å². The molecule has 0 radical (unpaired) electrons. The number of benzene rings is 1. The third-order valence-electron chi connectivity index (χ3n) is 7.63. The molecule has 0 aromatic heterocycles. The van der Waals surface area contributed by atoms with Crippen molar-refractivity contribution in [1.29, 1.82) is 0 Å². The first kappa shape index (κ1) is 22.6. The van der Waals surface area contributed by atoms with Crippen LogP contribution in [0.25, 0.3) is 0 Å². The Labute approximate surface area is 186 Å². The number of carbonyl (C=O) groups is 1. The Morgan fingerprint density at radius 1 is 1.19 bits per heavy atom. The summed E-state index contributed by atoms with van der Waals surface area (Å²) in [6.07, 6.45) is 7.29. The second-order valence-corrected chi connectivity index (χ2v) is 10.0. The first-order valence-electron chi connectivity index (χ1n) is 11.9. The normalized spacial score (nSPS) is 28.3. The summed E-state index contributed by atoms with van der Waals surface area (Å²) in [7, 11) is 2.20. The Bertz CT molecular complexity index is 722. The van der Waals surface area contributed by atoms with E-state index in [0.717, 1.165) is 76.9 Å².